The number of rotatable bonds is 8. The molecular weight excluding hydrogens is 455 g/mol. The maximum Gasteiger partial charge on any atom is 0.266 e. The second kappa shape index (κ2) is 9.54. The molecule has 1 aliphatic carbocycles. The highest BCUT2D eigenvalue weighted by atomic mass is 32.2. The van der Waals surface area contributed by atoms with Crippen molar-refractivity contribution in [3.05, 3.63) is 72.5 Å². The Morgan fingerprint density at radius 2 is 1.59 bits per heavy atom. The molecule has 6 nitrogen and oxygen atoms in total. The first-order valence-electron chi connectivity index (χ1n) is 11.3. The largest absolute Gasteiger partial charge is 0.309 e. The van der Waals surface area contributed by atoms with Crippen LogP contribution in [-0.2, 0) is 19.6 Å². The van der Waals surface area contributed by atoms with Gasteiger partial charge in [-0.3, -0.25) is 9.59 Å². The first kappa shape index (κ1) is 23.9. The van der Waals surface area contributed by atoms with Crippen molar-refractivity contribution in [3.63, 3.8) is 0 Å². The van der Waals surface area contributed by atoms with Crippen molar-refractivity contribution < 1.29 is 22.4 Å². The highest BCUT2D eigenvalue weighted by Crippen LogP contribution is 2.33. The normalized spacial score (nSPS) is 13.8. The summed E-state index contributed by atoms with van der Waals surface area (Å²) in [6.07, 6.45) is 1.09. The molecule has 0 saturated heterocycles. The molecule has 0 heterocycles. The Balaban J connectivity index is 1.61. The standard InChI is InChI=1S/C26H27FN2O4S/c1-18(2)29(23-12-10-22(27)11-13-23)26(31)16-25(30)28(17-19-7-8-19)34(32,33)24-14-9-20-5-3-4-6-21(20)15-24/h3-6,9-15,18-19H,7-8,16-17H2,1-2H3. The van der Waals surface area contributed by atoms with Crippen LogP contribution in [0.3, 0.4) is 0 Å². The van der Waals surface area contributed by atoms with Gasteiger partial charge in [0.2, 0.25) is 11.8 Å². The van der Waals surface area contributed by atoms with Gasteiger partial charge in [-0.1, -0.05) is 30.3 Å². The smallest absolute Gasteiger partial charge is 0.266 e. The molecule has 4 rings (SSSR count). The van der Waals surface area contributed by atoms with E-state index in [0.717, 1.165) is 27.9 Å². The van der Waals surface area contributed by atoms with Gasteiger partial charge in [-0.05, 0) is 79.8 Å². The van der Waals surface area contributed by atoms with Crippen LogP contribution < -0.4 is 4.90 Å². The molecule has 0 N–H and O–H groups in total. The van der Waals surface area contributed by atoms with Gasteiger partial charge < -0.3 is 4.90 Å². The van der Waals surface area contributed by atoms with Crippen molar-refractivity contribution in [2.24, 2.45) is 5.92 Å². The zero-order chi connectivity index (χ0) is 24.5. The fourth-order valence-corrected chi connectivity index (χ4v) is 5.47. The van der Waals surface area contributed by atoms with E-state index in [0.29, 0.717) is 5.69 Å². The molecule has 3 aromatic rings. The summed E-state index contributed by atoms with van der Waals surface area (Å²) in [7, 11) is -4.15. The Kier molecular flexibility index (Phi) is 6.70. The van der Waals surface area contributed by atoms with Crippen LogP contribution in [0.2, 0.25) is 0 Å². The zero-order valence-electron chi connectivity index (χ0n) is 19.1. The van der Waals surface area contributed by atoms with Crippen LogP contribution >= 0.6 is 0 Å². The second-order valence-electron chi connectivity index (χ2n) is 8.89. The van der Waals surface area contributed by atoms with Crippen molar-refractivity contribution in [2.45, 2.75) is 44.0 Å². The number of sulfonamides is 1. The summed E-state index contributed by atoms with van der Waals surface area (Å²) in [5.74, 6) is -1.64. The molecule has 3 aromatic carbocycles. The molecule has 0 atom stereocenters. The molecule has 0 spiro atoms. The van der Waals surface area contributed by atoms with Crippen LogP contribution in [0.5, 0.6) is 0 Å². The summed E-state index contributed by atoms with van der Waals surface area (Å²) < 4.78 is 41.2. The van der Waals surface area contributed by atoms with E-state index in [2.05, 4.69) is 0 Å². The summed E-state index contributed by atoms with van der Waals surface area (Å²) >= 11 is 0. The van der Waals surface area contributed by atoms with E-state index in [1.165, 1.54) is 35.2 Å². The minimum Gasteiger partial charge on any atom is -0.309 e. The average molecular weight is 483 g/mol. The Labute approximate surface area is 199 Å². The lowest BCUT2D eigenvalue weighted by Crippen LogP contribution is -2.44. The molecule has 0 radical (unpaired) electrons. The highest BCUT2D eigenvalue weighted by molar-refractivity contribution is 7.89. The molecule has 0 aliphatic heterocycles. The van der Waals surface area contributed by atoms with Crippen LogP contribution in [0, 0.1) is 11.7 Å². The summed E-state index contributed by atoms with van der Waals surface area (Å²) in [6.45, 7) is 3.61. The van der Waals surface area contributed by atoms with Crippen molar-refractivity contribution in [1.29, 1.82) is 0 Å². The van der Waals surface area contributed by atoms with Gasteiger partial charge in [0.25, 0.3) is 10.0 Å². The number of amides is 2. The number of fused-ring (bicyclic) bond motifs is 1. The van der Waals surface area contributed by atoms with E-state index in [1.807, 2.05) is 24.3 Å². The third-order valence-electron chi connectivity index (χ3n) is 5.90. The average Bonchev–Trinajstić information content (AvgIpc) is 3.62. The van der Waals surface area contributed by atoms with Crippen LogP contribution in [0.1, 0.15) is 33.1 Å². The van der Waals surface area contributed by atoms with E-state index in [-0.39, 0.29) is 23.4 Å². The van der Waals surface area contributed by atoms with Crippen LogP contribution in [0.4, 0.5) is 10.1 Å². The zero-order valence-corrected chi connectivity index (χ0v) is 20.0. The monoisotopic (exact) mass is 482 g/mol. The van der Waals surface area contributed by atoms with Gasteiger partial charge in [-0.2, -0.15) is 0 Å². The van der Waals surface area contributed by atoms with E-state index >= 15 is 0 Å². The van der Waals surface area contributed by atoms with E-state index < -0.39 is 34.1 Å². The minimum absolute atomic E-state index is 0.0203. The van der Waals surface area contributed by atoms with Crippen LogP contribution in [-0.4, -0.2) is 37.1 Å². The molecule has 0 aromatic heterocycles. The summed E-state index contributed by atoms with van der Waals surface area (Å²) in [5, 5.41) is 1.64. The Bertz CT molecular complexity index is 1320. The number of hydrogen-bond acceptors (Lipinski definition) is 4. The second-order valence-corrected chi connectivity index (χ2v) is 10.8. The SMILES string of the molecule is CC(C)N(C(=O)CC(=O)N(CC1CC1)S(=O)(=O)c1ccc2ccccc2c1)c1ccc(F)cc1. The lowest BCUT2D eigenvalue weighted by molar-refractivity contribution is -0.131. The molecule has 1 fully saturated rings. The Hall–Kier alpha value is -3.26. The quantitative estimate of drug-likeness (QED) is 0.435. The van der Waals surface area contributed by atoms with E-state index in [4.69, 9.17) is 0 Å². The van der Waals surface area contributed by atoms with E-state index in [1.54, 1.807) is 26.0 Å². The minimum atomic E-state index is -4.15. The molecule has 178 valence electrons. The maximum atomic E-state index is 13.5. The lowest BCUT2D eigenvalue weighted by atomic mass is 10.1. The van der Waals surface area contributed by atoms with Gasteiger partial charge >= 0.3 is 0 Å². The summed E-state index contributed by atoms with van der Waals surface area (Å²) in [5.41, 5.74) is 0.445. The topological polar surface area (TPSA) is 74.8 Å². The van der Waals surface area contributed by atoms with Crippen molar-refractivity contribution in [3.8, 4) is 0 Å². The summed E-state index contributed by atoms with van der Waals surface area (Å²) in [4.78, 5) is 27.8. The first-order valence-corrected chi connectivity index (χ1v) is 12.7. The van der Waals surface area contributed by atoms with Crippen molar-refractivity contribution in [1.82, 2.24) is 4.31 Å². The molecule has 1 saturated carbocycles. The number of hydrogen-bond donors (Lipinski definition) is 0. The fourth-order valence-electron chi connectivity index (χ4n) is 3.96. The molecule has 2 amide bonds. The van der Waals surface area contributed by atoms with Gasteiger partial charge in [0.05, 0.1) is 4.90 Å². The van der Waals surface area contributed by atoms with Gasteiger partial charge in [0.15, 0.2) is 0 Å². The van der Waals surface area contributed by atoms with E-state index in [9.17, 15) is 22.4 Å². The number of anilines is 1. The predicted molar refractivity (Wildman–Crippen MR) is 129 cm³/mol. The van der Waals surface area contributed by atoms with Crippen LogP contribution in [0.25, 0.3) is 10.8 Å². The van der Waals surface area contributed by atoms with Gasteiger partial charge in [-0.25, -0.2) is 17.1 Å². The van der Waals surface area contributed by atoms with Gasteiger partial charge in [-0.15, -0.1) is 0 Å². The molecular formula is C26H27FN2O4S. The molecule has 8 heteroatoms. The van der Waals surface area contributed by atoms with Gasteiger partial charge in [0.1, 0.15) is 12.2 Å². The third-order valence-corrected chi connectivity index (χ3v) is 7.68. The van der Waals surface area contributed by atoms with Crippen LogP contribution in [0.15, 0.2) is 71.6 Å². The third kappa shape index (κ3) is 5.12. The van der Waals surface area contributed by atoms with Crippen molar-refractivity contribution >= 4 is 38.3 Å². The number of halogens is 1. The lowest BCUT2D eigenvalue weighted by Gasteiger charge is -2.28. The number of carbonyl (C=O) groups excluding carboxylic acids is 2. The number of carbonyl (C=O) groups is 2. The Morgan fingerprint density at radius 1 is 0.941 bits per heavy atom. The molecule has 0 unspecified atom stereocenters. The predicted octanol–water partition coefficient (Wildman–Crippen LogP) is 4.74. The molecule has 34 heavy (non-hydrogen) atoms. The number of benzene rings is 3. The Morgan fingerprint density at radius 3 is 2.21 bits per heavy atom. The molecule has 1 aliphatic rings. The number of nitrogens with zero attached hydrogens (tertiary/aromatic N) is 2. The fraction of sp³-hybridized carbons (Fsp3) is 0.308. The maximum absolute atomic E-state index is 13.5. The molecule has 0 bridgehead atoms. The summed E-state index contributed by atoms with van der Waals surface area (Å²) in [6, 6.07) is 17.2. The van der Waals surface area contributed by atoms with Crippen molar-refractivity contribution in [2.75, 3.05) is 11.4 Å². The highest BCUT2D eigenvalue weighted by Gasteiger charge is 2.36. The van der Waals surface area contributed by atoms with Gasteiger partial charge in [0, 0.05) is 18.3 Å². The first-order chi connectivity index (χ1) is 16.2.